The lowest BCUT2D eigenvalue weighted by atomic mass is 10.0. The number of ketones is 1. The predicted octanol–water partition coefficient (Wildman–Crippen LogP) is -2.17. The maximum Gasteiger partial charge on any atom is 0.330 e. The normalized spacial score (nSPS) is 30.5. The van der Waals surface area contributed by atoms with Crippen molar-refractivity contribution in [3.05, 3.63) is 32.9 Å². The van der Waals surface area contributed by atoms with Crippen LogP contribution >= 0.6 is 0 Å². The highest BCUT2D eigenvalue weighted by molar-refractivity contribution is 5.87. The number of rotatable bonds is 2. The fraction of sp³-hybridized carbons (Fsp3) is 0.500. The van der Waals surface area contributed by atoms with Crippen molar-refractivity contribution in [1.82, 2.24) is 9.55 Å². The zero-order valence-corrected chi connectivity index (χ0v) is 9.82. The van der Waals surface area contributed by atoms with Gasteiger partial charge in [0.25, 0.3) is 5.56 Å². The summed E-state index contributed by atoms with van der Waals surface area (Å²) in [6, 6.07) is 0. The van der Waals surface area contributed by atoms with Crippen LogP contribution in [-0.4, -0.2) is 50.5 Å². The third kappa shape index (κ3) is 2.28. The largest absolute Gasteiger partial charge is 0.394 e. The Morgan fingerprint density at radius 3 is 2.65 bits per heavy atom. The number of aromatic nitrogens is 2. The van der Waals surface area contributed by atoms with Gasteiger partial charge in [0.1, 0.15) is 12.2 Å². The number of carbonyl (C=O) groups is 1. The quantitative estimate of drug-likeness (QED) is 0.570. The molecule has 3 N–H and O–H groups in total. The summed E-state index contributed by atoms with van der Waals surface area (Å²) < 4.78 is 31.9. The van der Waals surface area contributed by atoms with Crippen LogP contribution in [0.1, 0.15) is 6.23 Å². The van der Waals surface area contributed by atoms with Crippen LogP contribution in [0.5, 0.6) is 0 Å². The number of carbonyl (C=O) groups excluding carboxylic acids is 1. The summed E-state index contributed by atoms with van der Waals surface area (Å²) in [5.74, 6) is -2.70. The third-order valence-electron chi connectivity index (χ3n) is 2.86. The van der Waals surface area contributed by atoms with E-state index >= 15 is 0 Å². The Hall–Kier alpha value is -1.91. The summed E-state index contributed by atoms with van der Waals surface area (Å²) in [7, 11) is 0. The number of nitrogens with zero attached hydrogens (tertiary/aromatic N) is 1. The van der Waals surface area contributed by atoms with E-state index in [0.29, 0.717) is 10.8 Å². The SMILES string of the molecule is O=C1[C@@H](F)[C@H](O)[C@@H](CO)O[C@H]1n1cc(F)c(=O)[nH]c1=O. The zero-order chi connectivity index (χ0) is 15.0. The van der Waals surface area contributed by atoms with Crippen LogP contribution < -0.4 is 11.2 Å². The van der Waals surface area contributed by atoms with E-state index in [1.54, 1.807) is 4.98 Å². The van der Waals surface area contributed by atoms with Gasteiger partial charge < -0.3 is 14.9 Å². The van der Waals surface area contributed by atoms with Crippen LogP contribution in [0.25, 0.3) is 0 Å². The van der Waals surface area contributed by atoms with E-state index in [1.165, 1.54) is 0 Å². The molecule has 1 fully saturated rings. The van der Waals surface area contributed by atoms with Crippen molar-refractivity contribution >= 4 is 5.78 Å². The lowest BCUT2D eigenvalue weighted by Gasteiger charge is -2.34. The molecule has 0 aliphatic carbocycles. The standard InChI is InChI=1S/C10H10F2N2O6/c11-3-1-14(10(19)13-8(3)18)9-7(17)5(12)6(16)4(2-15)20-9/h1,4-6,9,15-16H,2H2,(H,13,18,19)/t4-,5+,6-,9-/m1/s1. The first-order valence-electron chi connectivity index (χ1n) is 5.50. The van der Waals surface area contributed by atoms with E-state index in [4.69, 9.17) is 9.84 Å². The number of aliphatic hydroxyl groups is 2. The van der Waals surface area contributed by atoms with Gasteiger partial charge in [0, 0.05) is 0 Å². The Kier molecular flexibility index (Phi) is 3.79. The molecule has 0 amide bonds. The van der Waals surface area contributed by atoms with E-state index in [9.17, 15) is 28.3 Å². The van der Waals surface area contributed by atoms with Crippen LogP contribution in [0.2, 0.25) is 0 Å². The lowest BCUT2D eigenvalue weighted by molar-refractivity contribution is -0.192. The number of H-pyrrole nitrogens is 1. The summed E-state index contributed by atoms with van der Waals surface area (Å²) >= 11 is 0. The molecule has 4 atom stereocenters. The van der Waals surface area contributed by atoms with Crippen molar-refractivity contribution in [3.63, 3.8) is 0 Å². The van der Waals surface area contributed by atoms with Gasteiger partial charge in [-0.3, -0.25) is 19.1 Å². The van der Waals surface area contributed by atoms with Crippen molar-refractivity contribution in [2.45, 2.75) is 24.6 Å². The van der Waals surface area contributed by atoms with Crippen LogP contribution in [0.15, 0.2) is 15.8 Å². The highest BCUT2D eigenvalue weighted by Gasteiger charge is 2.45. The van der Waals surface area contributed by atoms with Gasteiger partial charge in [0.15, 0.2) is 6.17 Å². The molecule has 0 radical (unpaired) electrons. The molecule has 0 bridgehead atoms. The molecule has 10 heteroatoms. The maximum atomic E-state index is 13.6. The number of nitrogens with one attached hydrogen (secondary N) is 1. The number of hydrogen-bond acceptors (Lipinski definition) is 6. The molecule has 1 aromatic rings. The first-order chi connectivity index (χ1) is 9.36. The number of Topliss-reactive ketones (excluding diaryl/α,β-unsaturated/α-hetero) is 1. The summed E-state index contributed by atoms with van der Waals surface area (Å²) in [6.45, 7) is -0.814. The highest BCUT2D eigenvalue weighted by Crippen LogP contribution is 2.25. The Bertz CT molecular complexity index is 641. The average Bonchev–Trinajstić information content (AvgIpc) is 2.41. The van der Waals surface area contributed by atoms with Crippen molar-refractivity contribution in [2.24, 2.45) is 0 Å². The Morgan fingerprint density at radius 1 is 1.40 bits per heavy atom. The van der Waals surface area contributed by atoms with E-state index in [-0.39, 0.29) is 0 Å². The first kappa shape index (κ1) is 14.5. The number of ether oxygens (including phenoxy) is 1. The molecule has 0 unspecified atom stereocenters. The second-order valence-corrected chi connectivity index (χ2v) is 4.15. The van der Waals surface area contributed by atoms with Gasteiger partial charge in [-0.15, -0.1) is 0 Å². The molecule has 1 saturated heterocycles. The minimum Gasteiger partial charge on any atom is -0.394 e. The summed E-state index contributed by atoms with van der Waals surface area (Å²) in [5.41, 5.74) is -2.49. The van der Waals surface area contributed by atoms with Gasteiger partial charge >= 0.3 is 5.69 Å². The molecule has 1 aliphatic rings. The van der Waals surface area contributed by atoms with Gasteiger partial charge in [0.05, 0.1) is 12.8 Å². The van der Waals surface area contributed by atoms with Crippen molar-refractivity contribution in [1.29, 1.82) is 0 Å². The minimum atomic E-state index is -2.41. The molecule has 0 spiro atoms. The number of aliphatic hydroxyl groups excluding tert-OH is 2. The number of halogens is 2. The average molecular weight is 292 g/mol. The molecule has 20 heavy (non-hydrogen) atoms. The van der Waals surface area contributed by atoms with Crippen molar-refractivity contribution in [3.8, 4) is 0 Å². The Labute approximate surface area is 109 Å². The second-order valence-electron chi connectivity index (χ2n) is 4.15. The molecular weight excluding hydrogens is 282 g/mol. The molecule has 110 valence electrons. The molecule has 1 aliphatic heterocycles. The lowest BCUT2D eigenvalue weighted by Crippen LogP contribution is -2.54. The number of hydrogen-bond donors (Lipinski definition) is 3. The van der Waals surface area contributed by atoms with Crippen molar-refractivity contribution < 1.29 is 28.5 Å². The first-order valence-corrected chi connectivity index (χ1v) is 5.50. The van der Waals surface area contributed by atoms with Gasteiger partial charge in [-0.25, -0.2) is 9.18 Å². The monoisotopic (exact) mass is 292 g/mol. The molecular formula is C10H10F2N2O6. The van der Waals surface area contributed by atoms with E-state index < -0.39 is 54.1 Å². The molecule has 0 saturated carbocycles. The molecule has 0 aromatic carbocycles. The second kappa shape index (κ2) is 5.23. The third-order valence-corrected chi connectivity index (χ3v) is 2.86. The Balaban J connectivity index is 2.46. The van der Waals surface area contributed by atoms with Gasteiger partial charge in [0.2, 0.25) is 17.8 Å². The van der Waals surface area contributed by atoms with Gasteiger partial charge in [-0.05, 0) is 0 Å². The smallest absolute Gasteiger partial charge is 0.330 e. The maximum absolute atomic E-state index is 13.6. The highest BCUT2D eigenvalue weighted by atomic mass is 19.1. The summed E-state index contributed by atoms with van der Waals surface area (Å²) in [6.07, 6.45) is -7.26. The molecule has 8 nitrogen and oxygen atoms in total. The topological polar surface area (TPSA) is 122 Å². The van der Waals surface area contributed by atoms with Crippen molar-refractivity contribution in [2.75, 3.05) is 6.61 Å². The van der Waals surface area contributed by atoms with Crippen LogP contribution in [-0.2, 0) is 9.53 Å². The van der Waals surface area contributed by atoms with Gasteiger partial charge in [-0.1, -0.05) is 0 Å². The summed E-state index contributed by atoms with van der Waals surface area (Å²) in [5, 5.41) is 18.3. The zero-order valence-electron chi connectivity index (χ0n) is 9.82. The predicted molar refractivity (Wildman–Crippen MR) is 58.2 cm³/mol. The van der Waals surface area contributed by atoms with E-state index in [0.717, 1.165) is 0 Å². The van der Waals surface area contributed by atoms with Gasteiger partial charge in [-0.2, -0.15) is 4.39 Å². The Morgan fingerprint density at radius 2 is 2.05 bits per heavy atom. The van der Waals surface area contributed by atoms with Crippen LogP contribution in [0, 0.1) is 5.82 Å². The fourth-order valence-electron chi connectivity index (χ4n) is 1.79. The summed E-state index contributed by atoms with van der Waals surface area (Å²) in [4.78, 5) is 35.6. The fourth-order valence-corrected chi connectivity index (χ4v) is 1.79. The molecule has 2 rings (SSSR count). The number of aromatic amines is 1. The molecule has 2 heterocycles. The molecule has 1 aromatic heterocycles. The van der Waals surface area contributed by atoms with E-state index in [1.807, 2.05) is 0 Å². The minimum absolute atomic E-state index is 0.347. The van der Waals surface area contributed by atoms with E-state index in [2.05, 4.69) is 0 Å². The van der Waals surface area contributed by atoms with Crippen LogP contribution in [0.4, 0.5) is 8.78 Å². The van der Waals surface area contributed by atoms with Crippen LogP contribution in [0.3, 0.4) is 0 Å². The number of alkyl halides is 1.